The fourth-order valence-corrected chi connectivity index (χ4v) is 2.55. The van der Waals surface area contributed by atoms with Gasteiger partial charge >= 0.3 is 6.03 Å². The van der Waals surface area contributed by atoms with Gasteiger partial charge < -0.3 is 19.2 Å². The lowest BCUT2D eigenvalue weighted by molar-refractivity contribution is 0.200. The molecule has 1 aromatic carbocycles. The second-order valence-electron chi connectivity index (χ2n) is 5.77. The van der Waals surface area contributed by atoms with Crippen molar-refractivity contribution < 1.29 is 13.6 Å². The van der Waals surface area contributed by atoms with Crippen LogP contribution in [0.4, 0.5) is 9.18 Å². The summed E-state index contributed by atoms with van der Waals surface area (Å²) in [6.45, 7) is 0.343. The second kappa shape index (κ2) is 7.21. The van der Waals surface area contributed by atoms with Gasteiger partial charge in [-0.3, -0.25) is 0 Å². The van der Waals surface area contributed by atoms with E-state index >= 15 is 0 Å². The standard InChI is InChI=1S/C18H19FN4O2/c1-22-10-9-20-17(22)16(13-5-7-14(19)8-6-13)21-18(24)23(2)12-15-4-3-11-25-15/h3-11,16H,12H2,1-2H3,(H,21,24). The highest BCUT2D eigenvalue weighted by Gasteiger charge is 2.22. The third-order valence-corrected chi connectivity index (χ3v) is 3.91. The molecule has 1 unspecified atom stereocenters. The molecule has 0 bridgehead atoms. The molecule has 6 nitrogen and oxygen atoms in total. The number of halogens is 1. The zero-order valence-corrected chi connectivity index (χ0v) is 14.0. The zero-order chi connectivity index (χ0) is 17.8. The van der Waals surface area contributed by atoms with Crippen LogP contribution in [-0.2, 0) is 13.6 Å². The van der Waals surface area contributed by atoms with E-state index in [4.69, 9.17) is 4.42 Å². The number of nitrogens with zero attached hydrogens (tertiary/aromatic N) is 3. The first-order valence-electron chi connectivity index (χ1n) is 7.81. The smallest absolute Gasteiger partial charge is 0.318 e. The molecule has 3 aromatic rings. The summed E-state index contributed by atoms with van der Waals surface area (Å²) < 4.78 is 20.3. The molecule has 2 aromatic heterocycles. The molecule has 0 fully saturated rings. The van der Waals surface area contributed by atoms with Gasteiger partial charge in [0.15, 0.2) is 0 Å². The van der Waals surface area contributed by atoms with Crippen molar-refractivity contribution in [3.63, 3.8) is 0 Å². The Balaban J connectivity index is 1.81. The Kier molecular flexibility index (Phi) is 4.83. The van der Waals surface area contributed by atoms with Gasteiger partial charge in [-0.1, -0.05) is 12.1 Å². The number of hydrogen-bond donors (Lipinski definition) is 1. The van der Waals surface area contributed by atoms with E-state index in [0.717, 1.165) is 5.56 Å². The Morgan fingerprint density at radius 3 is 2.72 bits per heavy atom. The average molecular weight is 342 g/mol. The lowest BCUT2D eigenvalue weighted by Crippen LogP contribution is -2.40. The summed E-state index contributed by atoms with van der Waals surface area (Å²) >= 11 is 0. The van der Waals surface area contributed by atoms with Crippen molar-refractivity contribution in [2.45, 2.75) is 12.6 Å². The predicted octanol–water partition coefficient (Wildman–Crippen LogP) is 3.08. The van der Waals surface area contributed by atoms with Crippen molar-refractivity contribution in [3.05, 3.63) is 78.0 Å². The van der Waals surface area contributed by atoms with Crippen LogP contribution >= 0.6 is 0 Å². The average Bonchev–Trinajstić information content (AvgIpc) is 3.25. The van der Waals surface area contributed by atoms with Crippen molar-refractivity contribution in [1.29, 1.82) is 0 Å². The Hall–Kier alpha value is -3.09. The molecule has 130 valence electrons. The van der Waals surface area contributed by atoms with Gasteiger partial charge in [0.05, 0.1) is 12.8 Å². The van der Waals surface area contributed by atoms with Gasteiger partial charge in [-0.25, -0.2) is 14.2 Å². The molecular weight excluding hydrogens is 323 g/mol. The maximum absolute atomic E-state index is 13.2. The molecule has 1 atom stereocenters. The van der Waals surface area contributed by atoms with Crippen molar-refractivity contribution in [3.8, 4) is 0 Å². The number of nitrogens with one attached hydrogen (secondary N) is 1. The van der Waals surface area contributed by atoms with Crippen LogP contribution in [0.5, 0.6) is 0 Å². The third kappa shape index (κ3) is 3.88. The number of hydrogen-bond acceptors (Lipinski definition) is 3. The van der Waals surface area contributed by atoms with Crippen LogP contribution in [0.3, 0.4) is 0 Å². The highest BCUT2D eigenvalue weighted by molar-refractivity contribution is 5.74. The van der Waals surface area contributed by atoms with Gasteiger partial charge in [0.25, 0.3) is 0 Å². The molecule has 7 heteroatoms. The van der Waals surface area contributed by atoms with Gasteiger partial charge in [0.2, 0.25) is 0 Å². The van der Waals surface area contributed by atoms with Crippen LogP contribution in [0.15, 0.2) is 59.5 Å². The lowest BCUT2D eigenvalue weighted by atomic mass is 10.1. The van der Waals surface area contributed by atoms with Gasteiger partial charge in [-0.15, -0.1) is 0 Å². The van der Waals surface area contributed by atoms with E-state index in [1.54, 1.807) is 50.0 Å². The summed E-state index contributed by atoms with van der Waals surface area (Å²) in [6.07, 6.45) is 5.02. The van der Waals surface area contributed by atoms with Crippen LogP contribution in [0.2, 0.25) is 0 Å². The van der Waals surface area contributed by atoms with Crippen LogP contribution in [0.25, 0.3) is 0 Å². The van der Waals surface area contributed by atoms with E-state index in [2.05, 4.69) is 10.3 Å². The Bertz CT molecular complexity index is 827. The van der Waals surface area contributed by atoms with Crippen LogP contribution in [0, 0.1) is 5.82 Å². The van der Waals surface area contributed by atoms with E-state index in [1.165, 1.54) is 17.0 Å². The molecule has 1 N–H and O–H groups in total. The molecule has 2 amide bonds. The number of amides is 2. The molecular formula is C18H19FN4O2. The number of aromatic nitrogens is 2. The number of imidazole rings is 1. The SMILES string of the molecule is CN(Cc1ccco1)C(=O)NC(c1ccc(F)cc1)c1nccn1C. The normalized spacial score (nSPS) is 12.0. The van der Waals surface area contributed by atoms with Crippen LogP contribution in [0.1, 0.15) is 23.2 Å². The Morgan fingerprint density at radius 2 is 2.12 bits per heavy atom. The highest BCUT2D eigenvalue weighted by atomic mass is 19.1. The summed E-state index contributed by atoms with van der Waals surface area (Å²) in [7, 11) is 3.52. The first-order chi connectivity index (χ1) is 12.0. The maximum atomic E-state index is 13.2. The van der Waals surface area contributed by atoms with Crippen LogP contribution < -0.4 is 5.32 Å². The summed E-state index contributed by atoms with van der Waals surface area (Å²) in [5.74, 6) is 1.02. The Morgan fingerprint density at radius 1 is 1.36 bits per heavy atom. The van der Waals surface area contributed by atoms with Crippen molar-refractivity contribution in [2.24, 2.45) is 7.05 Å². The maximum Gasteiger partial charge on any atom is 0.318 e. The summed E-state index contributed by atoms with van der Waals surface area (Å²) in [5.41, 5.74) is 0.746. The summed E-state index contributed by atoms with van der Waals surface area (Å²) in [5, 5.41) is 2.95. The monoisotopic (exact) mass is 342 g/mol. The topological polar surface area (TPSA) is 63.3 Å². The number of furan rings is 1. The van der Waals surface area contributed by atoms with E-state index in [0.29, 0.717) is 18.1 Å². The fraction of sp³-hybridized carbons (Fsp3) is 0.222. The molecule has 25 heavy (non-hydrogen) atoms. The largest absolute Gasteiger partial charge is 0.467 e. The number of urea groups is 1. The molecule has 0 saturated heterocycles. The molecule has 0 aliphatic carbocycles. The molecule has 0 saturated carbocycles. The lowest BCUT2D eigenvalue weighted by Gasteiger charge is -2.23. The number of aryl methyl sites for hydroxylation is 1. The van der Waals surface area contributed by atoms with Gasteiger partial charge in [0, 0.05) is 26.5 Å². The molecule has 0 aliphatic heterocycles. The molecule has 0 radical (unpaired) electrons. The van der Waals surface area contributed by atoms with E-state index < -0.39 is 6.04 Å². The number of rotatable bonds is 5. The highest BCUT2D eigenvalue weighted by Crippen LogP contribution is 2.21. The number of carbonyl (C=O) groups excluding carboxylic acids is 1. The molecule has 0 aliphatic rings. The first-order valence-corrected chi connectivity index (χ1v) is 7.81. The van der Waals surface area contributed by atoms with Crippen molar-refractivity contribution in [1.82, 2.24) is 19.8 Å². The number of benzene rings is 1. The van der Waals surface area contributed by atoms with E-state index in [-0.39, 0.29) is 11.8 Å². The van der Waals surface area contributed by atoms with Crippen molar-refractivity contribution in [2.75, 3.05) is 7.05 Å². The quantitative estimate of drug-likeness (QED) is 0.775. The minimum Gasteiger partial charge on any atom is -0.467 e. The molecule has 0 spiro atoms. The van der Waals surface area contributed by atoms with Gasteiger partial charge in [0.1, 0.15) is 23.4 Å². The zero-order valence-electron chi connectivity index (χ0n) is 14.0. The minimum absolute atomic E-state index is 0.284. The second-order valence-corrected chi connectivity index (χ2v) is 5.77. The van der Waals surface area contributed by atoms with Crippen LogP contribution in [-0.4, -0.2) is 27.5 Å². The van der Waals surface area contributed by atoms with E-state index in [9.17, 15) is 9.18 Å². The fourth-order valence-electron chi connectivity index (χ4n) is 2.55. The molecule has 2 heterocycles. The van der Waals surface area contributed by atoms with Gasteiger partial charge in [-0.05, 0) is 29.8 Å². The summed E-state index contributed by atoms with van der Waals surface area (Å²) in [4.78, 5) is 18.4. The van der Waals surface area contributed by atoms with Gasteiger partial charge in [-0.2, -0.15) is 0 Å². The number of carbonyl (C=O) groups is 1. The van der Waals surface area contributed by atoms with E-state index in [1.807, 2.05) is 11.6 Å². The third-order valence-electron chi connectivity index (χ3n) is 3.91. The van der Waals surface area contributed by atoms with Crippen molar-refractivity contribution >= 4 is 6.03 Å². The molecule has 3 rings (SSSR count). The summed E-state index contributed by atoms with van der Waals surface area (Å²) in [6, 6.07) is 8.81. The first kappa shape index (κ1) is 16.8. The Labute approximate surface area is 144 Å². The predicted molar refractivity (Wildman–Crippen MR) is 90.2 cm³/mol. The minimum atomic E-state index is -0.493.